The van der Waals surface area contributed by atoms with Crippen LogP contribution in [0, 0.1) is 0 Å². The third-order valence-corrected chi connectivity index (χ3v) is 7.71. The van der Waals surface area contributed by atoms with Crippen LogP contribution in [0.4, 0.5) is 0 Å². The van der Waals surface area contributed by atoms with Gasteiger partial charge in [-0.05, 0) is 61.6 Å². The molecule has 0 aromatic heterocycles. The Bertz CT molecular complexity index is 879. The second kappa shape index (κ2) is 9.85. The molecule has 5 nitrogen and oxygen atoms in total. The van der Waals surface area contributed by atoms with Crippen molar-refractivity contribution in [2.24, 2.45) is 0 Å². The molecule has 0 N–H and O–H groups in total. The van der Waals surface area contributed by atoms with Crippen molar-refractivity contribution in [1.29, 1.82) is 0 Å². The highest BCUT2D eigenvalue weighted by Gasteiger charge is 2.21. The van der Waals surface area contributed by atoms with Crippen molar-refractivity contribution < 1.29 is 13.2 Å². The highest BCUT2D eigenvalue weighted by Crippen LogP contribution is 2.24. The molecule has 0 saturated carbocycles. The zero-order chi connectivity index (χ0) is 20.9. The van der Waals surface area contributed by atoms with Crippen LogP contribution in [0.25, 0.3) is 11.1 Å². The molecule has 1 atom stereocenters. The summed E-state index contributed by atoms with van der Waals surface area (Å²) in [5.74, 6) is 0. The van der Waals surface area contributed by atoms with Gasteiger partial charge in [0.1, 0.15) is 0 Å². The van der Waals surface area contributed by atoms with Gasteiger partial charge in [0.05, 0.1) is 11.5 Å². The van der Waals surface area contributed by atoms with Gasteiger partial charge in [0, 0.05) is 33.3 Å². The molecule has 2 aromatic rings. The van der Waals surface area contributed by atoms with E-state index in [4.69, 9.17) is 4.74 Å². The predicted molar refractivity (Wildman–Crippen MR) is 118 cm³/mol. The van der Waals surface area contributed by atoms with E-state index in [-0.39, 0.29) is 0 Å². The Balaban J connectivity index is 1.63. The van der Waals surface area contributed by atoms with Gasteiger partial charge < -0.3 is 9.64 Å². The van der Waals surface area contributed by atoms with E-state index in [1.165, 1.54) is 29.3 Å². The standard InChI is InChI=1S/C23H32N2O3S/c1-19-5-4-15-25(19)16-14-20-6-8-21(9-7-20)22-10-12-23(13-11-22)29(26,27)24(2)17-18-28-3/h6-13,19H,4-5,14-18H2,1-3H3. The van der Waals surface area contributed by atoms with Crippen LogP contribution in [0.3, 0.4) is 0 Å². The first kappa shape index (κ1) is 22.0. The molecule has 1 aliphatic heterocycles. The SMILES string of the molecule is COCCN(C)S(=O)(=O)c1ccc(-c2ccc(CCN3CCCC3C)cc2)cc1. The minimum atomic E-state index is -3.49. The van der Waals surface area contributed by atoms with Crippen LogP contribution in [-0.2, 0) is 21.2 Å². The molecule has 0 spiro atoms. The molecule has 1 heterocycles. The summed E-state index contributed by atoms with van der Waals surface area (Å²) < 4.78 is 31.5. The Hall–Kier alpha value is -1.73. The monoisotopic (exact) mass is 416 g/mol. The summed E-state index contributed by atoms with van der Waals surface area (Å²) in [7, 11) is -0.352. The van der Waals surface area contributed by atoms with Crippen LogP contribution < -0.4 is 0 Å². The molecule has 1 fully saturated rings. The average molecular weight is 417 g/mol. The first-order valence-corrected chi connectivity index (χ1v) is 11.7. The molecule has 1 aliphatic rings. The molecule has 3 rings (SSSR count). The number of likely N-dealkylation sites (tertiary alicyclic amines) is 1. The van der Waals surface area contributed by atoms with E-state index in [1.54, 1.807) is 26.3 Å². The zero-order valence-electron chi connectivity index (χ0n) is 17.7. The second-order valence-corrected chi connectivity index (χ2v) is 9.86. The molecule has 29 heavy (non-hydrogen) atoms. The van der Waals surface area contributed by atoms with Crippen molar-refractivity contribution in [3.63, 3.8) is 0 Å². The molecule has 2 aromatic carbocycles. The fraction of sp³-hybridized carbons (Fsp3) is 0.478. The largest absolute Gasteiger partial charge is 0.383 e. The van der Waals surface area contributed by atoms with Gasteiger partial charge in [-0.25, -0.2) is 8.42 Å². The van der Waals surface area contributed by atoms with Crippen LogP contribution in [-0.4, -0.2) is 64.1 Å². The second-order valence-electron chi connectivity index (χ2n) is 7.82. The first-order valence-electron chi connectivity index (χ1n) is 10.3. The number of methoxy groups -OCH3 is 1. The Labute approximate surface area is 175 Å². The van der Waals surface area contributed by atoms with Crippen molar-refractivity contribution in [3.05, 3.63) is 54.1 Å². The minimum absolute atomic E-state index is 0.302. The van der Waals surface area contributed by atoms with E-state index in [0.29, 0.717) is 24.1 Å². The maximum Gasteiger partial charge on any atom is 0.242 e. The number of hydrogen-bond acceptors (Lipinski definition) is 4. The highest BCUT2D eigenvalue weighted by atomic mass is 32.2. The molecule has 0 radical (unpaired) electrons. The summed E-state index contributed by atoms with van der Waals surface area (Å²) in [5.41, 5.74) is 3.45. The summed E-state index contributed by atoms with van der Waals surface area (Å²) in [4.78, 5) is 2.87. The molecule has 0 amide bonds. The van der Waals surface area contributed by atoms with Crippen LogP contribution in [0.15, 0.2) is 53.4 Å². The van der Waals surface area contributed by atoms with Crippen molar-refractivity contribution in [2.75, 3.05) is 40.4 Å². The predicted octanol–water partition coefficient (Wildman–Crippen LogP) is 3.65. The molecular weight excluding hydrogens is 384 g/mol. The molecule has 1 saturated heterocycles. The Morgan fingerprint density at radius 3 is 2.24 bits per heavy atom. The molecule has 158 valence electrons. The van der Waals surface area contributed by atoms with Gasteiger partial charge in [-0.1, -0.05) is 36.4 Å². The number of ether oxygens (including phenoxy) is 1. The van der Waals surface area contributed by atoms with Gasteiger partial charge in [0.2, 0.25) is 10.0 Å². The lowest BCUT2D eigenvalue weighted by Gasteiger charge is -2.20. The molecular formula is C23H32N2O3S. The topological polar surface area (TPSA) is 49.9 Å². The van der Waals surface area contributed by atoms with E-state index < -0.39 is 10.0 Å². The third-order valence-electron chi connectivity index (χ3n) is 5.84. The number of likely N-dealkylation sites (N-methyl/N-ethyl adjacent to an activating group) is 1. The first-order chi connectivity index (χ1) is 13.9. The third kappa shape index (κ3) is 5.45. The zero-order valence-corrected chi connectivity index (χ0v) is 18.5. The lowest BCUT2D eigenvalue weighted by atomic mass is 10.0. The summed E-state index contributed by atoms with van der Waals surface area (Å²) in [6, 6.07) is 16.4. The van der Waals surface area contributed by atoms with Crippen LogP contribution in [0.2, 0.25) is 0 Å². The van der Waals surface area contributed by atoms with Crippen molar-refractivity contribution in [3.8, 4) is 11.1 Å². The Morgan fingerprint density at radius 1 is 1.07 bits per heavy atom. The van der Waals surface area contributed by atoms with Gasteiger partial charge in [-0.2, -0.15) is 4.31 Å². The van der Waals surface area contributed by atoms with Crippen LogP contribution >= 0.6 is 0 Å². The lowest BCUT2D eigenvalue weighted by Crippen LogP contribution is -2.30. The van der Waals surface area contributed by atoms with E-state index in [1.807, 2.05) is 12.1 Å². The molecule has 0 aliphatic carbocycles. The van der Waals surface area contributed by atoms with Gasteiger partial charge in [-0.15, -0.1) is 0 Å². The number of nitrogens with zero attached hydrogens (tertiary/aromatic N) is 2. The number of hydrogen-bond donors (Lipinski definition) is 0. The van der Waals surface area contributed by atoms with E-state index in [2.05, 4.69) is 36.1 Å². The Morgan fingerprint density at radius 2 is 1.69 bits per heavy atom. The minimum Gasteiger partial charge on any atom is -0.383 e. The summed E-state index contributed by atoms with van der Waals surface area (Å²) >= 11 is 0. The van der Waals surface area contributed by atoms with Crippen molar-refractivity contribution in [1.82, 2.24) is 9.21 Å². The molecule has 1 unspecified atom stereocenters. The maximum atomic E-state index is 12.6. The maximum absolute atomic E-state index is 12.6. The lowest BCUT2D eigenvalue weighted by molar-refractivity contribution is 0.185. The van der Waals surface area contributed by atoms with Gasteiger partial charge in [-0.3, -0.25) is 0 Å². The van der Waals surface area contributed by atoms with Crippen LogP contribution in [0.1, 0.15) is 25.3 Å². The molecule has 6 heteroatoms. The fourth-order valence-electron chi connectivity index (χ4n) is 3.80. The normalized spacial score (nSPS) is 17.9. The quantitative estimate of drug-likeness (QED) is 0.626. The Kier molecular flexibility index (Phi) is 7.46. The van der Waals surface area contributed by atoms with Crippen molar-refractivity contribution >= 4 is 10.0 Å². The van der Waals surface area contributed by atoms with E-state index in [9.17, 15) is 8.42 Å². The smallest absolute Gasteiger partial charge is 0.242 e. The van der Waals surface area contributed by atoms with Gasteiger partial charge >= 0.3 is 0 Å². The van der Waals surface area contributed by atoms with Crippen molar-refractivity contribution in [2.45, 2.75) is 37.1 Å². The number of sulfonamides is 1. The van der Waals surface area contributed by atoms with Gasteiger partial charge in [0.25, 0.3) is 0 Å². The summed E-state index contributed by atoms with van der Waals surface area (Å²) in [6.45, 7) is 5.35. The average Bonchev–Trinajstić information content (AvgIpc) is 3.15. The van der Waals surface area contributed by atoms with E-state index >= 15 is 0 Å². The summed E-state index contributed by atoms with van der Waals surface area (Å²) in [5, 5.41) is 0. The number of rotatable bonds is 9. The van der Waals surface area contributed by atoms with Crippen LogP contribution in [0.5, 0.6) is 0 Å². The fourth-order valence-corrected chi connectivity index (χ4v) is 4.96. The summed E-state index contributed by atoms with van der Waals surface area (Å²) in [6.07, 6.45) is 3.69. The van der Waals surface area contributed by atoms with E-state index in [0.717, 1.165) is 24.1 Å². The highest BCUT2D eigenvalue weighted by molar-refractivity contribution is 7.89. The number of benzene rings is 2. The molecule has 0 bridgehead atoms. The van der Waals surface area contributed by atoms with Gasteiger partial charge in [0.15, 0.2) is 0 Å².